The van der Waals surface area contributed by atoms with Crippen molar-refractivity contribution in [3.8, 4) is 10.1 Å². The van der Waals surface area contributed by atoms with Gasteiger partial charge in [-0.1, -0.05) is 91.0 Å². The molecule has 3 aromatic carbocycles. The molecular formula is C25H19AuNP. The van der Waals surface area contributed by atoms with E-state index in [1.807, 2.05) is 12.1 Å². The summed E-state index contributed by atoms with van der Waals surface area (Å²) in [4.78, 5) is 3.89. The fourth-order valence-electron chi connectivity index (χ4n) is 2.66. The van der Waals surface area contributed by atoms with Crippen LogP contribution in [-0.4, -0.2) is 4.98 Å². The van der Waals surface area contributed by atoms with E-state index in [4.69, 9.17) is 0 Å². The Balaban J connectivity index is 0.000000211. The molecule has 0 amide bonds. The molecule has 28 heavy (non-hydrogen) atoms. The molecule has 0 N–H and O–H groups in total. The van der Waals surface area contributed by atoms with Crippen LogP contribution in [-0.2, 0) is 21.1 Å². The van der Waals surface area contributed by atoms with Gasteiger partial charge in [-0.15, -0.1) is 0 Å². The van der Waals surface area contributed by atoms with Crippen LogP contribution in [0.25, 0.3) is 0 Å². The predicted octanol–water partition coefficient (Wildman–Crippen LogP) is 4.38. The molecule has 0 radical (unpaired) electrons. The Morgan fingerprint density at radius 2 is 1.07 bits per heavy atom. The molecule has 0 aliphatic heterocycles. The van der Waals surface area contributed by atoms with Crippen LogP contribution >= 0.6 is 7.92 Å². The first-order chi connectivity index (χ1) is 13.9. The van der Waals surface area contributed by atoms with Crippen LogP contribution in [0, 0.1) is 10.1 Å². The average Bonchev–Trinajstić information content (AvgIpc) is 2.78. The van der Waals surface area contributed by atoms with E-state index in [1.165, 1.54) is 15.9 Å². The number of rotatable bonds is 3. The molecule has 4 aromatic rings. The minimum atomic E-state index is -0.446. The molecule has 3 heteroatoms. The topological polar surface area (TPSA) is 12.9 Å². The Kier molecular flexibility index (Phi) is 8.26. The van der Waals surface area contributed by atoms with Gasteiger partial charge in [-0.05, 0) is 23.8 Å². The zero-order chi connectivity index (χ0) is 19.4. The van der Waals surface area contributed by atoms with Crippen molar-refractivity contribution in [1.29, 1.82) is 0 Å². The van der Waals surface area contributed by atoms with Crippen molar-refractivity contribution in [3.63, 3.8) is 0 Å². The maximum Gasteiger partial charge on any atom is -0.0134 e. The molecular weight excluding hydrogens is 542 g/mol. The number of hydrogen-bond acceptors (Lipinski definition) is 1. The van der Waals surface area contributed by atoms with Gasteiger partial charge in [0.05, 0.1) is 0 Å². The second-order valence-corrected chi connectivity index (χ2v) is 8.55. The standard InChI is InChI=1S/C18H15P.C7H4N.Au/c1-4-10-16(11-5-1)19(17-12-6-2-7-13-17)18-14-8-3-9-15-18;1-2-7-4-3-5-8-6-7;/h1-15H;3-6H;. The van der Waals surface area contributed by atoms with Gasteiger partial charge in [0.15, 0.2) is 0 Å². The number of pyridine rings is 1. The van der Waals surface area contributed by atoms with Crippen LogP contribution in [0.3, 0.4) is 0 Å². The molecule has 1 heterocycles. The van der Waals surface area contributed by atoms with Crippen LogP contribution in [0.5, 0.6) is 0 Å². The van der Waals surface area contributed by atoms with E-state index < -0.39 is 7.92 Å². The van der Waals surface area contributed by atoms with Crippen molar-refractivity contribution in [2.45, 2.75) is 0 Å². The maximum atomic E-state index is 3.89. The Morgan fingerprint density at radius 3 is 1.43 bits per heavy atom. The summed E-state index contributed by atoms with van der Waals surface area (Å²) in [5.74, 6) is 2.87. The molecule has 0 aliphatic rings. The third-order valence-corrected chi connectivity index (χ3v) is 6.60. The Hall–Kier alpha value is -2.46. The van der Waals surface area contributed by atoms with E-state index in [9.17, 15) is 0 Å². The normalized spacial score (nSPS) is 9.68. The molecule has 0 fully saturated rings. The predicted molar refractivity (Wildman–Crippen MR) is 116 cm³/mol. The number of nitrogens with zero attached hydrogens (tertiary/aromatic N) is 1. The summed E-state index contributed by atoms with van der Waals surface area (Å²) in [5, 5.41) is 4.19. The van der Waals surface area contributed by atoms with E-state index in [-0.39, 0.29) is 0 Å². The zero-order valence-corrected chi connectivity index (χ0v) is 18.2. The minimum absolute atomic E-state index is 0.446. The largest absolute Gasteiger partial charge is 0.0622 e. The minimum Gasteiger partial charge on any atom is -0.0622 e. The smallest absolute Gasteiger partial charge is 0.0134 e. The second kappa shape index (κ2) is 11.4. The molecule has 0 aliphatic carbocycles. The van der Waals surface area contributed by atoms with Gasteiger partial charge in [0.1, 0.15) is 0 Å². The summed E-state index contributed by atoms with van der Waals surface area (Å²) in [6.45, 7) is 0. The van der Waals surface area contributed by atoms with Crippen LogP contribution in [0.4, 0.5) is 0 Å². The average molecular weight is 561 g/mol. The summed E-state index contributed by atoms with van der Waals surface area (Å²) >= 11 is 2.16. The van der Waals surface area contributed by atoms with Crippen LogP contribution < -0.4 is 15.9 Å². The van der Waals surface area contributed by atoms with E-state index in [0.717, 1.165) is 5.56 Å². The molecule has 1 nitrogen and oxygen atoms in total. The van der Waals surface area contributed by atoms with Crippen molar-refractivity contribution in [1.82, 2.24) is 4.98 Å². The third kappa shape index (κ3) is 6.03. The summed E-state index contributed by atoms with van der Waals surface area (Å²) in [7, 11) is -0.446. The first kappa shape index (κ1) is 20.3. The molecule has 0 bridgehead atoms. The van der Waals surface area contributed by atoms with Gasteiger partial charge in [-0.3, -0.25) is 0 Å². The molecule has 1 aromatic heterocycles. The van der Waals surface area contributed by atoms with E-state index >= 15 is 0 Å². The van der Waals surface area contributed by atoms with Gasteiger partial charge in [-0.2, -0.15) is 0 Å². The van der Waals surface area contributed by atoms with Gasteiger partial charge < -0.3 is 0 Å². The molecule has 0 saturated carbocycles. The summed E-state index contributed by atoms with van der Waals surface area (Å²) in [6.07, 6.45) is 3.47. The Morgan fingerprint density at radius 1 is 0.607 bits per heavy atom. The second-order valence-electron chi connectivity index (χ2n) is 5.78. The Bertz CT molecular complexity index is 917. The molecule has 4 rings (SSSR count). The summed E-state index contributed by atoms with van der Waals surface area (Å²) < 4.78 is 2.74. The van der Waals surface area contributed by atoms with Crippen molar-refractivity contribution < 1.29 is 21.1 Å². The van der Waals surface area contributed by atoms with E-state index in [1.54, 1.807) is 12.4 Å². The van der Waals surface area contributed by atoms with Gasteiger partial charge in [0.25, 0.3) is 0 Å². The van der Waals surface area contributed by atoms with Crippen molar-refractivity contribution >= 4 is 23.8 Å². The number of benzene rings is 3. The number of hydrogen-bond donors (Lipinski definition) is 0. The molecule has 140 valence electrons. The zero-order valence-electron chi connectivity index (χ0n) is 15.2. The van der Waals surface area contributed by atoms with E-state index in [0.29, 0.717) is 0 Å². The monoisotopic (exact) mass is 561 g/mol. The molecule has 0 spiro atoms. The van der Waals surface area contributed by atoms with Gasteiger partial charge >= 0.3 is 66.2 Å². The van der Waals surface area contributed by atoms with Crippen LogP contribution in [0.1, 0.15) is 5.56 Å². The Labute approximate surface area is 180 Å². The third-order valence-electron chi connectivity index (χ3n) is 3.89. The van der Waals surface area contributed by atoms with Gasteiger partial charge in [0, 0.05) is 0 Å². The molecule has 0 saturated heterocycles. The molecule has 0 unspecified atom stereocenters. The first-order valence-electron chi connectivity index (χ1n) is 8.81. The van der Waals surface area contributed by atoms with Crippen LogP contribution in [0.15, 0.2) is 116 Å². The fraction of sp³-hybridized carbons (Fsp3) is 0. The first-order valence-corrected chi connectivity index (χ1v) is 11.2. The SMILES string of the molecule is [Au][C]#Cc1cccnc1.c1ccc(P(c2ccccc2)c2ccccc2)cc1. The van der Waals surface area contributed by atoms with Gasteiger partial charge in [-0.25, -0.2) is 0 Å². The van der Waals surface area contributed by atoms with Crippen molar-refractivity contribution in [2.24, 2.45) is 0 Å². The quantitative estimate of drug-likeness (QED) is 0.206. The summed E-state index contributed by atoms with van der Waals surface area (Å²) in [6, 6.07) is 36.1. The molecule has 0 atom stereocenters. The van der Waals surface area contributed by atoms with Crippen molar-refractivity contribution in [2.75, 3.05) is 0 Å². The summed E-state index contributed by atoms with van der Waals surface area (Å²) in [5.41, 5.74) is 0.958. The van der Waals surface area contributed by atoms with Gasteiger partial charge in [0.2, 0.25) is 0 Å². The number of aromatic nitrogens is 1. The van der Waals surface area contributed by atoms with Crippen LogP contribution in [0.2, 0.25) is 0 Å². The van der Waals surface area contributed by atoms with E-state index in [2.05, 4.69) is 127 Å². The van der Waals surface area contributed by atoms with Crippen molar-refractivity contribution in [3.05, 3.63) is 121 Å². The fourth-order valence-corrected chi connectivity index (χ4v) is 5.28. The maximum absolute atomic E-state index is 3.89.